The zero-order chi connectivity index (χ0) is 59.9. The van der Waals surface area contributed by atoms with Crippen LogP contribution in [0, 0.1) is 0 Å². The molecule has 0 aliphatic rings. The zero-order valence-electron chi connectivity index (χ0n) is 53.1. The second kappa shape index (κ2) is 69.0. The van der Waals surface area contributed by atoms with Gasteiger partial charge in [-0.3, -0.25) is 14.4 Å². The van der Waals surface area contributed by atoms with Gasteiger partial charge in [0.05, 0.1) is 0 Å². The van der Waals surface area contributed by atoms with E-state index in [-0.39, 0.29) is 31.6 Å². The maximum Gasteiger partial charge on any atom is 0.306 e. The van der Waals surface area contributed by atoms with Crippen LogP contribution >= 0.6 is 0 Å². The van der Waals surface area contributed by atoms with Gasteiger partial charge in [0.1, 0.15) is 13.2 Å². The van der Waals surface area contributed by atoms with E-state index >= 15 is 0 Å². The monoisotopic (exact) mass is 1140 g/mol. The maximum absolute atomic E-state index is 12.9. The molecule has 6 nitrogen and oxygen atoms in total. The Kier molecular flexibility index (Phi) is 64.4. The molecule has 0 bridgehead atoms. The highest BCUT2D eigenvalue weighted by atomic mass is 16.6. The number of unbranched alkanes of at least 4 members (excludes halogenated alkanes) is 17. The molecule has 0 saturated carbocycles. The molecule has 0 N–H and O–H groups in total. The molecule has 1 atom stereocenters. The van der Waals surface area contributed by atoms with Gasteiger partial charge in [-0.15, -0.1) is 0 Å². The molecule has 83 heavy (non-hydrogen) atoms. The highest BCUT2D eigenvalue weighted by Crippen LogP contribution is 2.14. The van der Waals surface area contributed by atoms with Crippen LogP contribution in [-0.2, 0) is 28.6 Å². The third-order valence-corrected chi connectivity index (χ3v) is 13.4. The number of hydrogen-bond donors (Lipinski definition) is 0. The molecule has 0 aromatic heterocycles. The molecule has 0 aromatic rings. The van der Waals surface area contributed by atoms with Crippen molar-refractivity contribution in [1.82, 2.24) is 0 Å². The quantitative estimate of drug-likeness (QED) is 0.0261. The van der Waals surface area contributed by atoms with E-state index in [9.17, 15) is 14.4 Å². The summed E-state index contributed by atoms with van der Waals surface area (Å²) in [6.07, 6.45) is 103. The van der Waals surface area contributed by atoms with Crippen LogP contribution in [0.3, 0.4) is 0 Å². The standard InChI is InChI=1S/C77H120O6/c1-4-7-10-13-16-19-22-25-28-30-32-33-34-35-36-37-38-39-40-41-42-43-45-46-49-52-55-58-61-64-67-70-76(79)82-73-74(72-81-75(78)69-66-63-60-57-54-51-48-27-24-21-18-15-12-9-6-3)83-77(80)71-68-65-62-59-56-53-50-47-44-31-29-26-23-20-17-14-11-8-5-2/h7-8,10-11,16-21,25-29,32-33,35-36,38-39,41-42,44,47-48,53,56,62,65,74H,4-6,9,12-15,22-24,30-31,34,37,40,43,45-46,49-52,54-55,57-61,63-64,66-73H2,1-3H3/b10-7-,11-8-,19-16-,20-17-,21-18-,28-25-,29-26-,33-32-,36-35-,39-38-,42-41-,47-44-,48-27-,56-53-,65-62-. The summed E-state index contributed by atoms with van der Waals surface area (Å²) in [4.78, 5) is 38.3. The highest BCUT2D eigenvalue weighted by molar-refractivity contribution is 5.71. The number of esters is 3. The predicted molar refractivity (Wildman–Crippen MR) is 361 cm³/mol. The molecule has 0 aromatic carbocycles. The normalized spacial score (nSPS) is 13.3. The van der Waals surface area contributed by atoms with E-state index in [1.807, 2.05) is 12.2 Å². The van der Waals surface area contributed by atoms with E-state index in [0.717, 1.165) is 154 Å². The first-order valence-corrected chi connectivity index (χ1v) is 33.3. The first-order valence-electron chi connectivity index (χ1n) is 33.3. The highest BCUT2D eigenvalue weighted by Gasteiger charge is 2.19. The van der Waals surface area contributed by atoms with Gasteiger partial charge in [-0.05, 0) is 148 Å². The Morgan fingerprint density at radius 2 is 0.494 bits per heavy atom. The van der Waals surface area contributed by atoms with Crippen LogP contribution in [0.25, 0.3) is 0 Å². The van der Waals surface area contributed by atoms with Crippen molar-refractivity contribution in [3.63, 3.8) is 0 Å². The minimum absolute atomic E-state index is 0.124. The van der Waals surface area contributed by atoms with Gasteiger partial charge in [0.2, 0.25) is 0 Å². The number of allylic oxidation sites excluding steroid dienone is 30. The molecule has 0 rings (SSSR count). The van der Waals surface area contributed by atoms with E-state index in [0.29, 0.717) is 19.3 Å². The van der Waals surface area contributed by atoms with Crippen LogP contribution in [0.2, 0.25) is 0 Å². The fourth-order valence-electron chi connectivity index (χ4n) is 8.48. The molecule has 0 aliphatic heterocycles. The number of hydrogen-bond acceptors (Lipinski definition) is 6. The van der Waals surface area contributed by atoms with Crippen LogP contribution < -0.4 is 0 Å². The molecule has 0 amide bonds. The summed E-state index contributed by atoms with van der Waals surface area (Å²) in [5.74, 6) is -1.03. The second-order valence-electron chi connectivity index (χ2n) is 21.3. The van der Waals surface area contributed by atoms with Crippen LogP contribution in [-0.4, -0.2) is 37.2 Å². The van der Waals surface area contributed by atoms with E-state index < -0.39 is 12.1 Å². The first-order chi connectivity index (χ1) is 41.0. The molecule has 0 spiro atoms. The van der Waals surface area contributed by atoms with Crippen molar-refractivity contribution in [3.8, 4) is 0 Å². The molecular formula is C77H120O6. The van der Waals surface area contributed by atoms with E-state index in [2.05, 4.69) is 191 Å². The van der Waals surface area contributed by atoms with Gasteiger partial charge in [0.25, 0.3) is 0 Å². The molecule has 0 radical (unpaired) electrons. The SMILES string of the molecule is CC/C=C\C/C=C\C/C=C\C/C=C\C/C=C\C/C=C\C/C=C\CCCCCCCCCCCC(=O)OCC(COC(=O)CCCCCCC/C=C\C/C=C\CCCCC)OC(=O)CC/C=C\C/C=C\C/C=C\C/C=C\C/C=C\C/C=C\CC. The fourth-order valence-corrected chi connectivity index (χ4v) is 8.48. The fraction of sp³-hybridized carbons (Fsp3) is 0.571. The van der Waals surface area contributed by atoms with Gasteiger partial charge in [0, 0.05) is 19.3 Å². The van der Waals surface area contributed by atoms with Gasteiger partial charge < -0.3 is 14.2 Å². The smallest absolute Gasteiger partial charge is 0.306 e. The average molecular weight is 1140 g/mol. The third-order valence-electron chi connectivity index (χ3n) is 13.4. The van der Waals surface area contributed by atoms with Crippen LogP contribution in [0.5, 0.6) is 0 Å². The Bertz CT molecular complexity index is 1940. The Morgan fingerprint density at radius 1 is 0.253 bits per heavy atom. The molecule has 0 fully saturated rings. The summed E-state index contributed by atoms with van der Waals surface area (Å²) in [5.41, 5.74) is 0. The van der Waals surface area contributed by atoms with Crippen molar-refractivity contribution in [2.45, 2.75) is 271 Å². The van der Waals surface area contributed by atoms with Crippen molar-refractivity contribution in [3.05, 3.63) is 182 Å². The molecule has 464 valence electrons. The van der Waals surface area contributed by atoms with Crippen molar-refractivity contribution in [2.24, 2.45) is 0 Å². The third kappa shape index (κ3) is 67.2. The lowest BCUT2D eigenvalue weighted by molar-refractivity contribution is -0.166. The Balaban J connectivity index is 4.45. The lowest BCUT2D eigenvalue weighted by Crippen LogP contribution is -2.30. The minimum Gasteiger partial charge on any atom is -0.462 e. The van der Waals surface area contributed by atoms with Crippen molar-refractivity contribution < 1.29 is 28.6 Å². The van der Waals surface area contributed by atoms with E-state index in [1.165, 1.54) is 64.2 Å². The molecule has 0 saturated heterocycles. The Labute approximate surface area is 510 Å². The summed E-state index contributed by atoms with van der Waals surface area (Å²) in [7, 11) is 0. The minimum atomic E-state index is -0.838. The largest absolute Gasteiger partial charge is 0.462 e. The second-order valence-corrected chi connectivity index (χ2v) is 21.3. The lowest BCUT2D eigenvalue weighted by Gasteiger charge is -2.18. The number of ether oxygens (including phenoxy) is 3. The van der Waals surface area contributed by atoms with Crippen LogP contribution in [0.15, 0.2) is 182 Å². The van der Waals surface area contributed by atoms with Gasteiger partial charge in [0.15, 0.2) is 6.10 Å². The summed E-state index contributed by atoms with van der Waals surface area (Å²) in [5, 5.41) is 0. The van der Waals surface area contributed by atoms with Crippen molar-refractivity contribution >= 4 is 17.9 Å². The van der Waals surface area contributed by atoms with E-state index in [4.69, 9.17) is 14.2 Å². The summed E-state index contributed by atoms with van der Waals surface area (Å²) < 4.78 is 16.8. The van der Waals surface area contributed by atoms with E-state index in [1.54, 1.807) is 0 Å². The zero-order valence-corrected chi connectivity index (χ0v) is 53.1. The summed E-state index contributed by atoms with van der Waals surface area (Å²) in [6.45, 7) is 6.30. The number of rotatable bonds is 58. The van der Waals surface area contributed by atoms with Gasteiger partial charge in [-0.2, -0.15) is 0 Å². The van der Waals surface area contributed by atoms with Gasteiger partial charge in [-0.25, -0.2) is 0 Å². The van der Waals surface area contributed by atoms with Crippen LogP contribution in [0.4, 0.5) is 0 Å². The summed E-state index contributed by atoms with van der Waals surface area (Å²) in [6, 6.07) is 0. The molecule has 1 unspecified atom stereocenters. The van der Waals surface area contributed by atoms with Crippen LogP contribution in [0.1, 0.15) is 265 Å². The Hall–Kier alpha value is -5.49. The molecular weight excluding hydrogens is 1020 g/mol. The predicted octanol–water partition coefficient (Wildman–Crippen LogP) is 23.2. The topological polar surface area (TPSA) is 78.9 Å². The van der Waals surface area contributed by atoms with Gasteiger partial charge in [-0.1, -0.05) is 280 Å². The van der Waals surface area contributed by atoms with Crippen molar-refractivity contribution in [2.75, 3.05) is 13.2 Å². The number of carbonyl (C=O) groups excluding carboxylic acids is 3. The number of carbonyl (C=O) groups is 3. The molecule has 0 heterocycles. The van der Waals surface area contributed by atoms with Gasteiger partial charge >= 0.3 is 17.9 Å². The Morgan fingerprint density at radius 3 is 0.783 bits per heavy atom. The first kappa shape index (κ1) is 77.5. The van der Waals surface area contributed by atoms with Crippen molar-refractivity contribution in [1.29, 1.82) is 0 Å². The molecule has 6 heteroatoms. The average Bonchev–Trinajstić information content (AvgIpc) is 3.49. The molecule has 0 aliphatic carbocycles. The maximum atomic E-state index is 12.9. The lowest BCUT2D eigenvalue weighted by atomic mass is 10.1. The summed E-state index contributed by atoms with van der Waals surface area (Å²) >= 11 is 0.